The third kappa shape index (κ3) is 5.26. The van der Waals surface area contributed by atoms with Gasteiger partial charge in [-0.2, -0.15) is 13.2 Å². The molecule has 3 aliphatic rings. The van der Waals surface area contributed by atoms with Crippen LogP contribution in [-0.4, -0.2) is 65.2 Å². The van der Waals surface area contributed by atoms with Crippen molar-refractivity contribution in [2.45, 2.75) is 44.4 Å². The van der Waals surface area contributed by atoms with Crippen molar-refractivity contribution in [2.75, 3.05) is 41.4 Å². The molecule has 40 heavy (non-hydrogen) atoms. The lowest BCUT2D eigenvalue weighted by Gasteiger charge is -2.35. The molecule has 3 aliphatic heterocycles. The third-order valence-corrected chi connectivity index (χ3v) is 6.99. The Labute approximate surface area is 228 Å². The highest BCUT2D eigenvalue weighted by molar-refractivity contribution is 6.04. The summed E-state index contributed by atoms with van der Waals surface area (Å²) >= 11 is 0. The summed E-state index contributed by atoms with van der Waals surface area (Å²) in [5.41, 5.74) is 0.0649. The molecule has 210 valence electrons. The molecule has 2 atom stereocenters. The Balaban J connectivity index is 1.19. The number of amides is 2. The maximum Gasteiger partial charge on any atom is 0.416 e. The molecule has 0 radical (unpaired) electrons. The van der Waals surface area contributed by atoms with Crippen molar-refractivity contribution in [3.8, 4) is 17.1 Å². The highest BCUT2D eigenvalue weighted by Crippen LogP contribution is 2.40. The van der Waals surface area contributed by atoms with Crippen molar-refractivity contribution in [3.05, 3.63) is 54.4 Å². The first-order valence-electron chi connectivity index (χ1n) is 12.9. The van der Waals surface area contributed by atoms with Gasteiger partial charge in [0.25, 0.3) is 0 Å². The van der Waals surface area contributed by atoms with E-state index in [-0.39, 0.29) is 23.5 Å². The Hall–Kier alpha value is -3.97. The van der Waals surface area contributed by atoms with Crippen LogP contribution in [0.1, 0.15) is 25.8 Å². The quantitative estimate of drug-likeness (QED) is 0.482. The standard InChI is InChI=1S/C27H27F3N6O4/c1-26(2)39-15-20(40-26)14-38-19-6-7-22(31-11-19)33-25(37)36-18-8-9-35(13-18)21-12-32-23(34-24(21)36)16-4-3-5-17(10-16)27(28,29)30/h3-7,10-12,18,20H,8-9,13-15H2,1-2H3,(H,31,33,37)/t18-,20?/m0/s1. The van der Waals surface area contributed by atoms with E-state index in [9.17, 15) is 18.0 Å². The molecule has 3 aromatic rings. The van der Waals surface area contributed by atoms with Crippen molar-refractivity contribution in [1.82, 2.24) is 15.0 Å². The van der Waals surface area contributed by atoms with Crippen LogP contribution < -0.4 is 19.9 Å². The number of alkyl halides is 3. The Kier molecular flexibility index (Phi) is 6.50. The van der Waals surface area contributed by atoms with Crippen LogP contribution in [0.3, 0.4) is 0 Å². The fourth-order valence-corrected chi connectivity index (χ4v) is 5.09. The molecule has 5 heterocycles. The molecular weight excluding hydrogens is 529 g/mol. The molecule has 2 aromatic heterocycles. The van der Waals surface area contributed by atoms with E-state index in [2.05, 4.69) is 25.2 Å². The van der Waals surface area contributed by atoms with Gasteiger partial charge >= 0.3 is 12.2 Å². The minimum atomic E-state index is -4.50. The summed E-state index contributed by atoms with van der Waals surface area (Å²) in [5.74, 6) is 0.635. The van der Waals surface area contributed by atoms with E-state index < -0.39 is 23.6 Å². The van der Waals surface area contributed by atoms with E-state index in [1.165, 1.54) is 18.3 Å². The van der Waals surface area contributed by atoms with Crippen LogP contribution >= 0.6 is 0 Å². The average Bonchev–Trinajstić information content (AvgIpc) is 3.50. The topological polar surface area (TPSA) is 102 Å². The molecule has 6 rings (SSSR count). The lowest BCUT2D eigenvalue weighted by atomic mass is 10.1. The molecule has 1 aromatic carbocycles. The molecule has 0 aliphatic carbocycles. The maximum atomic E-state index is 13.5. The van der Waals surface area contributed by atoms with E-state index in [0.717, 1.165) is 12.1 Å². The highest BCUT2D eigenvalue weighted by atomic mass is 19.4. The fourth-order valence-electron chi connectivity index (χ4n) is 5.09. The Morgan fingerprint density at radius 2 is 2.05 bits per heavy atom. The van der Waals surface area contributed by atoms with Crippen LogP contribution in [-0.2, 0) is 15.7 Å². The predicted octanol–water partition coefficient (Wildman–Crippen LogP) is 4.72. The minimum Gasteiger partial charge on any atom is -0.489 e. The van der Waals surface area contributed by atoms with E-state index in [1.807, 2.05) is 13.8 Å². The first kappa shape index (κ1) is 26.3. The van der Waals surface area contributed by atoms with Crippen LogP contribution in [0.4, 0.5) is 35.3 Å². The average molecular weight is 557 g/mol. The largest absolute Gasteiger partial charge is 0.489 e. The zero-order valence-corrected chi connectivity index (χ0v) is 21.8. The molecule has 2 amide bonds. The normalized spacial score (nSPS) is 21.3. The number of carbonyl (C=O) groups is 1. The van der Waals surface area contributed by atoms with Gasteiger partial charge in [0.2, 0.25) is 0 Å². The van der Waals surface area contributed by atoms with E-state index >= 15 is 0 Å². The number of anilines is 3. The number of halogens is 3. The highest BCUT2D eigenvalue weighted by Gasteiger charge is 2.41. The molecule has 0 saturated carbocycles. The van der Waals surface area contributed by atoms with Gasteiger partial charge in [-0.25, -0.2) is 19.7 Å². The van der Waals surface area contributed by atoms with Crippen LogP contribution in [0.15, 0.2) is 48.8 Å². The molecule has 10 nitrogen and oxygen atoms in total. The second-order valence-electron chi connectivity index (χ2n) is 10.3. The van der Waals surface area contributed by atoms with Crippen molar-refractivity contribution < 1.29 is 32.2 Å². The zero-order chi connectivity index (χ0) is 28.1. The molecular formula is C27H27F3N6O4. The summed E-state index contributed by atoms with van der Waals surface area (Å²) in [6.07, 6.45) is -0.907. The number of pyridine rings is 1. The first-order chi connectivity index (χ1) is 19.1. The number of benzene rings is 1. The fraction of sp³-hybridized carbons (Fsp3) is 0.407. The summed E-state index contributed by atoms with van der Waals surface area (Å²) in [6, 6.07) is 7.55. The van der Waals surface area contributed by atoms with Crippen molar-refractivity contribution in [1.29, 1.82) is 0 Å². The van der Waals surface area contributed by atoms with Gasteiger partial charge in [-0.15, -0.1) is 0 Å². The summed E-state index contributed by atoms with van der Waals surface area (Å²) < 4.78 is 56.8. The number of aromatic nitrogens is 3. The Morgan fingerprint density at radius 3 is 2.77 bits per heavy atom. The SMILES string of the molecule is CC1(C)OCC(COc2ccc(NC(=O)N3c4nc(-c5cccc(C(F)(F)F)c5)ncc4N4CC[C@H]3C4)nc2)O1. The van der Waals surface area contributed by atoms with Crippen LogP contribution in [0.5, 0.6) is 5.75 Å². The predicted molar refractivity (Wildman–Crippen MR) is 139 cm³/mol. The van der Waals surface area contributed by atoms with Crippen LogP contribution in [0.25, 0.3) is 11.4 Å². The van der Waals surface area contributed by atoms with Gasteiger partial charge in [0.1, 0.15) is 24.3 Å². The molecule has 1 unspecified atom stereocenters. The molecule has 2 saturated heterocycles. The number of ether oxygens (including phenoxy) is 3. The Bertz CT molecular complexity index is 1420. The van der Waals surface area contributed by atoms with Gasteiger partial charge in [-0.1, -0.05) is 12.1 Å². The number of urea groups is 1. The molecule has 2 fully saturated rings. The first-order valence-corrected chi connectivity index (χ1v) is 12.9. The maximum absolute atomic E-state index is 13.5. The Morgan fingerprint density at radius 1 is 1.20 bits per heavy atom. The zero-order valence-electron chi connectivity index (χ0n) is 21.8. The second kappa shape index (κ2) is 9.89. The summed E-state index contributed by atoms with van der Waals surface area (Å²) in [7, 11) is 0. The smallest absolute Gasteiger partial charge is 0.416 e. The lowest BCUT2D eigenvalue weighted by molar-refractivity contribution is -0.141. The number of fused-ring (bicyclic) bond motifs is 4. The van der Waals surface area contributed by atoms with Crippen molar-refractivity contribution in [3.63, 3.8) is 0 Å². The number of rotatable bonds is 5. The van der Waals surface area contributed by atoms with Gasteiger partial charge in [-0.05, 0) is 44.5 Å². The minimum absolute atomic E-state index is 0.102. The van der Waals surface area contributed by atoms with Gasteiger partial charge in [-0.3, -0.25) is 10.2 Å². The number of nitrogens with one attached hydrogen (secondary N) is 1. The summed E-state index contributed by atoms with van der Waals surface area (Å²) in [5, 5.41) is 2.81. The van der Waals surface area contributed by atoms with E-state index in [1.54, 1.807) is 23.2 Å². The number of nitrogens with zero attached hydrogens (tertiary/aromatic N) is 5. The van der Waals surface area contributed by atoms with Crippen molar-refractivity contribution in [2.24, 2.45) is 0 Å². The summed E-state index contributed by atoms with van der Waals surface area (Å²) in [6.45, 7) is 5.74. The molecule has 2 bridgehead atoms. The van der Waals surface area contributed by atoms with Gasteiger partial charge in [0.05, 0.1) is 36.3 Å². The second-order valence-corrected chi connectivity index (χ2v) is 10.3. The number of carbonyl (C=O) groups excluding carboxylic acids is 1. The van der Waals surface area contributed by atoms with E-state index in [4.69, 9.17) is 14.2 Å². The number of hydrogen-bond acceptors (Lipinski definition) is 8. The number of hydrogen-bond donors (Lipinski definition) is 1. The third-order valence-electron chi connectivity index (χ3n) is 6.99. The summed E-state index contributed by atoms with van der Waals surface area (Å²) in [4.78, 5) is 30.3. The van der Waals surface area contributed by atoms with Crippen LogP contribution in [0, 0.1) is 0 Å². The van der Waals surface area contributed by atoms with Gasteiger partial charge in [0, 0.05) is 18.7 Å². The lowest BCUT2D eigenvalue weighted by Crippen LogP contribution is -2.48. The van der Waals surface area contributed by atoms with Crippen molar-refractivity contribution >= 4 is 23.4 Å². The molecule has 0 spiro atoms. The van der Waals surface area contributed by atoms with Crippen LogP contribution in [0.2, 0.25) is 0 Å². The van der Waals surface area contributed by atoms with Gasteiger partial charge in [0.15, 0.2) is 17.4 Å². The van der Waals surface area contributed by atoms with E-state index in [0.29, 0.717) is 55.8 Å². The monoisotopic (exact) mass is 556 g/mol. The molecule has 13 heteroatoms. The molecule has 1 N–H and O–H groups in total. The van der Waals surface area contributed by atoms with Gasteiger partial charge < -0.3 is 19.1 Å².